The summed E-state index contributed by atoms with van der Waals surface area (Å²) in [6, 6.07) is 1.65. The Balaban J connectivity index is 2.01. The Morgan fingerprint density at radius 3 is 2.86 bits per heavy atom. The van der Waals surface area contributed by atoms with Crippen LogP contribution in [-0.2, 0) is 0 Å². The predicted octanol–water partition coefficient (Wildman–Crippen LogP) is 0.891. The van der Waals surface area contributed by atoms with Crippen LogP contribution in [-0.4, -0.2) is 18.0 Å². The molecule has 14 heavy (non-hydrogen) atoms. The molecule has 1 saturated carbocycles. The van der Waals surface area contributed by atoms with Gasteiger partial charge in [-0.2, -0.15) is 0 Å². The van der Waals surface area contributed by atoms with Crippen LogP contribution in [0.25, 0.3) is 0 Å². The molecule has 0 aliphatic heterocycles. The molecule has 0 bridgehead atoms. The number of amides is 1. The van der Waals surface area contributed by atoms with Crippen LogP contribution in [0, 0.1) is 0 Å². The highest BCUT2D eigenvalue weighted by Gasteiger charge is 2.37. The van der Waals surface area contributed by atoms with E-state index < -0.39 is 0 Å². The van der Waals surface area contributed by atoms with Gasteiger partial charge in [-0.05, 0) is 25.3 Å². The molecule has 0 spiro atoms. The molecule has 0 radical (unpaired) electrons. The molecule has 1 heterocycles. The fourth-order valence-electron chi connectivity index (χ4n) is 1.69. The predicted molar refractivity (Wildman–Crippen MR) is 51.8 cm³/mol. The normalized spacial score (nSPS) is 18.6. The summed E-state index contributed by atoms with van der Waals surface area (Å²) in [6.07, 6.45) is 6.03. The van der Waals surface area contributed by atoms with E-state index in [9.17, 15) is 4.79 Å². The summed E-state index contributed by atoms with van der Waals surface area (Å²) in [5.41, 5.74) is 6.03. The average molecular weight is 194 g/mol. The number of carbonyl (C=O) groups excluding carboxylic acids is 1. The molecule has 0 saturated heterocycles. The maximum Gasteiger partial charge on any atom is 0.255 e. The number of nitrogens with one attached hydrogen (secondary N) is 1. The van der Waals surface area contributed by atoms with E-state index in [-0.39, 0.29) is 11.4 Å². The van der Waals surface area contributed by atoms with Gasteiger partial charge in [0.2, 0.25) is 0 Å². The quantitative estimate of drug-likeness (QED) is 0.750. The van der Waals surface area contributed by atoms with Gasteiger partial charge in [0, 0.05) is 6.54 Å². The number of rotatable bonds is 3. The zero-order valence-electron chi connectivity index (χ0n) is 7.95. The van der Waals surface area contributed by atoms with Crippen LogP contribution in [0.2, 0.25) is 0 Å². The first-order chi connectivity index (χ1) is 6.76. The molecule has 2 rings (SSSR count). The van der Waals surface area contributed by atoms with Crippen molar-refractivity contribution in [1.82, 2.24) is 5.32 Å². The summed E-state index contributed by atoms with van der Waals surface area (Å²) in [6.45, 7) is 0.511. The molecule has 1 aromatic heterocycles. The van der Waals surface area contributed by atoms with Crippen LogP contribution in [0.5, 0.6) is 0 Å². The molecule has 1 amide bonds. The molecule has 1 aliphatic rings. The van der Waals surface area contributed by atoms with E-state index >= 15 is 0 Å². The maximum atomic E-state index is 11.6. The number of hydrogen-bond donors (Lipinski definition) is 2. The van der Waals surface area contributed by atoms with E-state index in [1.165, 1.54) is 12.5 Å². The molecule has 4 heteroatoms. The van der Waals surface area contributed by atoms with Gasteiger partial charge in [-0.15, -0.1) is 0 Å². The minimum atomic E-state index is -0.158. The molecule has 1 aliphatic carbocycles. The van der Waals surface area contributed by atoms with E-state index in [4.69, 9.17) is 10.2 Å². The van der Waals surface area contributed by atoms with Crippen LogP contribution >= 0.6 is 0 Å². The molecule has 1 fully saturated rings. The van der Waals surface area contributed by atoms with Gasteiger partial charge in [0.25, 0.3) is 5.91 Å². The lowest BCUT2D eigenvalue weighted by Crippen LogP contribution is -2.58. The van der Waals surface area contributed by atoms with Gasteiger partial charge in [-0.1, -0.05) is 0 Å². The topological polar surface area (TPSA) is 68.3 Å². The van der Waals surface area contributed by atoms with Crippen molar-refractivity contribution in [3.8, 4) is 0 Å². The van der Waals surface area contributed by atoms with Crippen molar-refractivity contribution < 1.29 is 9.21 Å². The van der Waals surface area contributed by atoms with Crippen LogP contribution in [0.3, 0.4) is 0 Å². The summed E-state index contributed by atoms with van der Waals surface area (Å²) in [5.74, 6) is -0.0936. The Morgan fingerprint density at radius 1 is 1.64 bits per heavy atom. The molecule has 4 nitrogen and oxygen atoms in total. The molecule has 3 N–H and O–H groups in total. The summed E-state index contributed by atoms with van der Waals surface area (Å²) >= 11 is 0. The van der Waals surface area contributed by atoms with Gasteiger partial charge < -0.3 is 15.5 Å². The van der Waals surface area contributed by atoms with E-state index in [0.717, 1.165) is 19.3 Å². The third kappa shape index (κ3) is 1.53. The standard InChI is InChI=1S/C10H14N2O2/c11-7-10(3-1-4-10)12-9(13)8-2-5-14-6-8/h2,5-6H,1,3-4,7,11H2,(H,12,13). The van der Waals surface area contributed by atoms with Crippen molar-refractivity contribution in [2.45, 2.75) is 24.8 Å². The lowest BCUT2D eigenvalue weighted by molar-refractivity contribution is 0.0837. The van der Waals surface area contributed by atoms with Crippen molar-refractivity contribution in [2.75, 3.05) is 6.54 Å². The Bertz CT molecular complexity index is 309. The molecule has 76 valence electrons. The largest absolute Gasteiger partial charge is 0.472 e. The Labute approximate surface area is 82.5 Å². The Morgan fingerprint density at radius 2 is 2.43 bits per heavy atom. The van der Waals surface area contributed by atoms with Crippen LogP contribution in [0.15, 0.2) is 23.0 Å². The highest BCUT2D eigenvalue weighted by molar-refractivity contribution is 5.94. The van der Waals surface area contributed by atoms with Crippen LogP contribution < -0.4 is 11.1 Å². The fourth-order valence-corrected chi connectivity index (χ4v) is 1.69. The summed E-state index contributed by atoms with van der Waals surface area (Å²) < 4.78 is 4.84. The monoisotopic (exact) mass is 194 g/mol. The molecule has 0 atom stereocenters. The van der Waals surface area contributed by atoms with Crippen LogP contribution in [0.1, 0.15) is 29.6 Å². The highest BCUT2D eigenvalue weighted by atomic mass is 16.3. The second-order valence-corrected chi connectivity index (χ2v) is 3.80. The average Bonchev–Trinajstić information content (AvgIpc) is 2.63. The number of hydrogen-bond acceptors (Lipinski definition) is 3. The van der Waals surface area contributed by atoms with Crippen LogP contribution in [0.4, 0.5) is 0 Å². The first kappa shape index (κ1) is 9.27. The molecule has 0 aromatic carbocycles. The zero-order chi connectivity index (χ0) is 10.0. The van der Waals surface area contributed by atoms with Crippen molar-refractivity contribution in [1.29, 1.82) is 0 Å². The second-order valence-electron chi connectivity index (χ2n) is 3.80. The van der Waals surface area contributed by atoms with Gasteiger partial charge in [0.05, 0.1) is 17.4 Å². The summed E-state index contributed by atoms with van der Waals surface area (Å²) in [7, 11) is 0. The first-order valence-electron chi connectivity index (χ1n) is 4.81. The molecule has 1 aromatic rings. The zero-order valence-corrected chi connectivity index (χ0v) is 7.95. The van der Waals surface area contributed by atoms with Gasteiger partial charge in [0.1, 0.15) is 6.26 Å². The van der Waals surface area contributed by atoms with E-state index in [1.807, 2.05) is 0 Å². The van der Waals surface area contributed by atoms with Crippen molar-refractivity contribution in [3.05, 3.63) is 24.2 Å². The third-order valence-corrected chi connectivity index (χ3v) is 2.86. The minimum absolute atomic E-state index is 0.0936. The third-order valence-electron chi connectivity index (χ3n) is 2.86. The van der Waals surface area contributed by atoms with Crippen molar-refractivity contribution in [2.24, 2.45) is 5.73 Å². The Kier molecular flexibility index (Phi) is 2.29. The van der Waals surface area contributed by atoms with Crippen molar-refractivity contribution >= 4 is 5.91 Å². The lowest BCUT2D eigenvalue weighted by Gasteiger charge is -2.41. The minimum Gasteiger partial charge on any atom is -0.472 e. The van der Waals surface area contributed by atoms with E-state index in [0.29, 0.717) is 12.1 Å². The van der Waals surface area contributed by atoms with E-state index in [2.05, 4.69) is 5.32 Å². The SMILES string of the molecule is NCC1(NC(=O)c2ccoc2)CCC1. The summed E-state index contributed by atoms with van der Waals surface area (Å²) in [4.78, 5) is 11.6. The molecular formula is C10H14N2O2. The van der Waals surface area contributed by atoms with Gasteiger partial charge in [0.15, 0.2) is 0 Å². The smallest absolute Gasteiger partial charge is 0.255 e. The number of furan rings is 1. The number of nitrogens with two attached hydrogens (primary N) is 1. The molecule has 0 unspecified atom stereocenters. The lowest BCUT2D eigenvalue weighted by atomic mass is 9.76. The highest BCUT2D eigenvalue weighted by Crippen LogP contribution is 2.30. The Hall–Kier alpha value is -1.29. The summed E-state index contributed by atoms with van der Waals surface area (Å²) in [5, 5.41) is 2.96. The first-order valence-corrected chi connectivity index (χ1v) is 4.81. The maximum absolute atomic E-state index is 11.6. The van der Waals surface area contributed by atoms with Crippen molar-refractivity contribution in [3.63, 3.8) is 0 Å². The van der Waals surface area contributed by atoms with Gasteiger partial charge in [-0.25, -0.2) is 0 Å². The fraction of sp³-hybridized carbons (Fsp3) is 0.500. The van der Waals surface area contributed by atoms with E-state index in [1.54, 1.807) is 6.07 Å². The number of carbonyl (C=O) groups is 1. The molecular weight excluding hydrogens is 180 g/mol. The van der Waals surface area contributed by atoms with Gasteiger partial charge >= 0.3 is 0 Å². The second kappa shape index (κ2) is 3.46. The van der Waals surface area contributed by atoms with Gasteiger partial charge in [-0.3, -0.25) is 4.79 Å².